The molecule has 0 atom stereocenters. The van der Waals surface area contributed by atoms with Crippen LogP contribution in [0.2, 0.25) is 0 Å². The van der Waals surface area contributed by atoms with Gasteiger partial charge < -0.3 is 5.73 Å². The monoisotopic (exact) mass is 131 g/mol. The highest BCUT2D eigenvalue weighted by Gasteiger charge is 2.12. The van der Waals surface area contributed by atoms with Crippen molar-refractivity contribution in [3.8, 4) is 0 Å². The van der Waals surface area contributed by atoms with Crippen LogP contribution in [0.4, 0.5) is 5.69 Å². The van der Waals surface area contributed by atoms with E-state index in [0.29, 0.717) is 0 Å². The zero-order valence-corrected chi connectivity index (χ0v) is 5.72. The maximum atomic E-state index is 5.71. The predicted molar refractivity (Wildman–Crippen MR) is 41.5 cm³/mol. The molecule has 1 aliphatic rings. The lowest BCUT2D eigenvalue weighted by molar-refractivity contribution is 1.03. The molecule has 50 valence electrons. The summed E-state index contributed by atoms with van der Waals surface area (Å²) in [4.78, 5) is 0. The van der Waals surface area contributed by atoms with Crippen LogP contribution in [0.25, 0.3) is 0 Å². The fraction of sp³-hybridized carbons (Fsp3) is 0.222. The van der Waals surface area contributed by atoms with Crippen molar-refractivity contribution in [1.29, 1.82) is 0 Å². The summed E-state index contributed by atoms with van der Waals surface area (Å²) >= 11 is 0. The molecular formula is C9H9N. The Labute approximate surface area is 60.9 Å². The summed E-state index contributed by atoms with van der Waals surface area (Å²) in [6, 6.07) is 6.05. The molecule has 1 heteroatoms. The van der Waals surface area contributed by atoms with E-state index in [1.807, 2.05) is 12.1 Å². The van der Waals surface area contributed by atoms with Crippen LogP contribution in [0.15, 0.2) is 18.2 Å². The number of nitrogens with two attached hydrogens (primary N) is 1. The molecule has 0 aliphatic heterocycles. The number of aryl methyl sites for hydroxylation is 1. The highest BCUT2D eigenvalue weighted by atomic mass is 14.6. The fourth-order valence-corrected chi connectivity index (χ4v) is 1.37. The Balaban J connectivity index is 2.59. The van der Waals surface area contributed by atoms with E-state index < -0.39 is 0 Å². The van der Waals surface area contributed by atoms with Gasteiger partial charge in [-0.2, -0.15) is 0 Å². The summed E-state index contributed by atoms with van der Waals surface area (Å²) in [5, 5.41) is 0. The van der Waals surface area contributed by atoms with Gasteiger partial charge in [0.15, 0.2) is 0 Å². The molecule has 2 radical (unpaired) electrons. The van der Waals surface area contributed by atoms with E-state index in [2.05, 4.69) is 12.5 Å². The van der Waals surface area contributed by atoms with Crippen LogP contribution in [0.3, 0.4) is 0 Å². The van der Waals surface area contributed by atoms with Crippen LogP contribution in [0.5, 0.6) is 0 Å². The molecule has 0 fully saturated rings. The van der Waals surface area contributed by atoms with E-state index in [0.717, 1.165) is 24.1 Å². The number of benzene rings is 1. The van der Waals surface area contributed by atoms with Gasteiger partial charge in [0.2, 0.25) is 0 Å². The van der Waals surface area contributed by atoms with Gasteiger partial charge >= 0.3 is 0 Å². The summed E-state index contributed by atoms with van der Waals surface area (Å²) in [5.74, 6) is 0. The zero-order valence-electron chi connectivity index (χ0n) is 5.72. The second kappa shape index (κ2) is 2.01. The van der Waals surface area contributed by atoms with Gasteiger partial charge in [0, 0.05) is 12.1 Å². The predicted octanol–water partition coefficient (Wildman–Crippen LogP) is 1.64. The van der Waals surface area contributed by atoms with Gasteiger partial charge in [-0.3, -0.25) is 0 Å². The highest BCUT2D eigenvalue weighted by Crippen LogP contribution is 2.27. The minimum Gasteiger partial charge on any atom is -0.398 e. The van der Waals surface area contributed by atoms with E-state index in [9.17, 15) is 0 Å². The number of nitrogen functional groups attached to an aromatic ring is 1. The van der Waals surface area contributed by atoms with Gasteiger partial charge in [0.05, 0.1) is 0 Å². The van der Waals surface area contributed by atoms with Crippen LogP contribution in [0.1, 0.15) is 17.5 Å². The molecule has 1 aromatic carbocycles. The average molecular weight is 131 g/mol. The minimum atomic E-state index is 0.870. The number of rotatable bonds is 0. The van der Waals surface area contributed by atoms with Crippen molar-refractivity contribution in [2.24, 2.45) is 0 Å². The Morgan fingerprint density at radius 2 is 2.30 bits per heavy atom. The lowest BCUT2D eigenvalue weighted by Gasteiger charge is -2.00. The fourth-order valence-electron chi connectivity index (χ4n) is 1.37. The first-order chi connectivity index (χ1) is 4.88. The lowest BCUT2D eigenvalue weighted by atomic mass is 10.1. The SMILES string of the molecule is Nc1cccc2c1[C]CC2. The van der Waals surface area contributed by atoms with Crippen molar-refractivity contribution in [3.05, 3.63) is 35.7 Å². The van der Waals surface area contributed by atoms with Crippen molar-refractivity contribution < 1.29 is 0 Å². The summed E-state index contributed by atoms with van der Waals surface area (Å²) in [7, 11) is 0. The Morgan fingerprint density at radius 3 is 3.10 bits per heavy atom. The van der Waals surface area contributed by atoms with E-state index >= 15 is 0 Å². The molecule has 2 rings (SSSR count). The van der Waals surface area contributed by atoms with Gasteiger partial charge in [-0.05, 0) is 30.0 Å². The van der Waals surface area contributed by atoms with E-state index in [4.69, 9.17) is 5.73 Å². The zero-order chi connectivity index (χ0) is 6.97. The molecule has 0 bridgehead atoms. The number of fused-ring (bicyclic) bond motifs is 1. The second-order valence-electron chi connectivity index (χ2n) is 2.56. The van der Waals surface area contributed by atoms with Crippen LogP contribution < -0.4 is 5.73 Å². The summed E-state index contributed by atoms with van der Waals surface area (Å²) in [6.45, 7) is 0. The van der Waals surface area contributed by atoms with Crippen LogP contribution in [-0.4, -0.2) is 0 Å². The van der Waals surface area contributed by atoms with Crippen molar-refractivity contribution in [3.63, 3.8) is 0 Å². The Morgan fingerprint density at radius 1 is 1.40 bits per heavy atom. The molecule has 1 aliphatic carbocycles. The quantitative estimate of drug-likeness (QED) is 0.532. The van der Waals surface area contributed by atoms with Crippen LogP contribution in [-0.2, 0) is 6.42 Å². The summed E-state index contributed by atoms with van der Waals surface area (Å²) in [6.07, 6.45) is 5.39. The Bertz CT molecular complexity index is 253. The first-order valence-electron chi connectivity index (χ1n) is 3.49. The number of hydrogen-bond acceptors (Lipinski definition) is 1. The van der Waals surface area contributed by atoms with Gasteiger partial charge in [-0.15, -0.1) is 0 Å². The second-order valence-corrected chi connectivity index (χ2v) is 2.56. The van der Waals surface area contributed by atoms with Gasteiger partial charge in [-0.25, -0.2) is 0 Å². The normalized spacial score (nSPS) is 15.2. The third kappa shape index (κ3) is 0.703. The van der Waals surface area contributed by atoms with E-state index in [-0.39, 0.29) is 0 Å². The molecule has 0 spiro atoms. The van der Waals surface area contributed by atoms with Gasteiger partial charge in [0.1, 0.15) is 0 Å². The van der Waals surface area contributed by atoms with Crippen LogP contribution in [0, 0.1) is 6.42 Å². The van der Waals surface area contributed by atoms with Crippen molar-refractivity contribution in [2.45, 2.75) is 12.8 Å². The van der Waals surface area contributed by atoms with E-state index in [1.54, 1.807) is 0 Å². The molecular weight excluding hydrogens is 122 g/mol. The molecule has 0 unspecified atom stereocenters. The average Bonchev–Trinajstić information content (AvgIpc) is 2.36. The molecule has 0 heterocycles. The van der Waals surface area contributed by atoms with Crippen molar-refractivity contribution >= 4 is 5.69 Å². The molecule has 1 nitrogen and oxygen atoms in total. The number of anilines is 1. The highest BCUT2D eigenvalue weighted by molar-refractivity contribution is 5.56. The first kappa shape index (κ1) is 5.78. The largest absolute Gasteiger partial charge is 0.398 e. The van der Waals surface area contributed by atoms with Gasteiger partial charge in [-0.1, -0.05) is 12.1 Å². The molecule has 1 aromatic rings. The third-order valence-electron chi connectivity index (χ3n) is 1.88. The molecule has 10 heavy (non-hydrogen) atoms. The molecule has 2 N–H and O–H groups in total. The molecule has 0 aromatic heterocycles. The van der Waals surface area contributed by atoms with E-state index in [1.165, 1.54) is 5.56 Å². The summed E-state index contributed by atoms with van der Waals surface area (Å²) in [5.41, 5.74) is 9.07. The smallest absolute Gasteiger partial charge is 0.0355 e. The maximum absolute atomic E-state index is 5.71. The Hall–Kier alpha value is -0.980. The third-order valence-corrected chi connectivity index (χ3v) is 1.88. The standard InChI is InChI=1S/C9H9N/c10-9-6-2-4-7-3-1-5-8(7)9/h2,4,6H,1,3,10H2. The molecule has 0 saturated heterocycles. The minimum absolute atomic E-state index is 0.870. The van der Waals surface area contributed by atoms with Crippen molar-refractivity contribution in [1.82, 2.24) is 0 Å². The van der Waals surface area contributed by atoms with Crippen LogP contribution >= 0.6 is 0 Å². The molecule has 0 amide bonds. The van der Waals surface area contributed by atoms with Gasteiger partial charge in [0.25, 0.3) is 0 Å². The van der Waals surface area contributed by atoms with Crippen molar-refractivity contribution in [2.75, 3.05) is 5.73 Å². The maximum Gasteiger partial charge on any atom is 0.0355 e. The number of hydrogen-bond donors (Lipinski definition) is 1. The molecule has 0 saturated carbocycles. The summed E-state index contributed by atoms with van der Waals surface area (Å²) < 4.78 is 0. The first-order valence-corrected chi connectivity index (χ1v) is 3.49. The topological polar surface area (TPSA) is 26.0 Å². The lowest BCUT2D eigenvalue weighted by Crippen LogP contribution is -1.90. The Kier molecular flexibility index (Phi) is 1.16.